The third kappa shape index (κ3) is 3.40. The summed E-state index contributed by atoms with van der Waals surface area (Å²) in [6.07, 6.45) is 2.74. The number of carbonyl (C=O) groups excluding carboxylic acids is 2. The number of nitrogens with zero attached hydrogens (tertiary/aromatic N) is 2. The molecule has 0 aliphatic carbocycles. The number of hydrogen-bond donors (Lipinski definition) is 0. The molecule has 24 heavy (non-hydrogen) atoms. The molecule has 2 amide bonds. The topological polar surface area (TPSA) is 113 Å². The molecule has 0 aromatic heterocycles. The summed E-state index contributed by atoms with van der Waals surface area (Å²) in [4.78, 5) is 35.2. The van der Waals surface area contributed by atoms with E-state index in [0.29, 0.717) is 11.8 Å². The second-order valence-corrected chi connectivity index (χ2v) is 5.63. The minimum atomic E-state index is -0.834. The Morgan fingerprint density at radius 1 is 1.42 bits per heavy atom. The van der Waals surface area contributed by atoms with E-state index in [2.05, 4.69) is 6.58 Å². The molecule has 1 fully saturated rings. The van der Waals surface area contributed by atoms with Crippen molar-refractivity contribution in [2.24, 2.45) is 0 Å². The molecule has 0 bridgehead atoms. The first-order valence-electron chi connectivity index (χ1n) is 6.87. The Hall–Kier alpha value is -2.81. The lowest BCUT2D eigenvalue weighted by molar-refractivity contribution is -0.398. The van der Waals surface area contributed by atoms with Crippen LogP contribution in [0.5, 0.6) is 11.5 Å². The van der Waals surface area contributed by atoms with Gasteiger partial charge in [-0.25, -0.2) is 0 Å². The van der Waals surface area contributed by atoms with Gasteiger partial charge in [0.05, 0.1) is 16.4 Å². The number of benzene rings is 1. The van der Waals surface area contributed by atoms with Gasteiger partial charge in [-0.15, -0.1) is 6.58 Å². The fourth-order valence-corrected chi connectivity index (χ4v) is 2.88. The van der Waals surface area contributed by atoms with Crippen LogP contribution < -0.4 is 9.84 Å². The van der Waals surface area contributed by atoms with Crippen LogP contribution in [0.25, 0.3) is 6.08 Å². The monoisotopic (exact) mass is 349 g/mol. The van der Waals surface area contributed by atoms with Crippen LogP contribution in [0.15, 0.2) is 29.7 Å². The van der Waals surface area contributed by atoms with Crippen molar-refractivity contribution >= 4 is 34.7 Å². The lowest BCUT2D eigenvalue weighted by atomic mass is 10.1. The van der Waals surface area contributed by atoms with Gasteiger partial charge in [-0.1, -0.05) is 6.08 Å². The fourth-order valence-electron chi connectivity index (χ4n) is 2.03. The standard InChI is InChI=1S/C15H14N2O6S/c1-3-5-16-14(19)12(24-15(16)20)8-9-6-10(17(21)22)13(18)11(7-9)23-4-2/h3,6-8,18H,1,4-5H2,2H3/p-1/b12-8-. The Morgan fingerprint density at radius 3 is 2.71 bits per heavy atom. The maximum Gasteiger partial charge on any atom is 0.293 e. The van der Waals surface area contributed by atoms with E-state index in [0.717, 1.165) is 11.0 Å². The number of nitro groups is 1. The minimum Gasteiger partial charge on any atom is -0.865 e. The molecule has 1 saturated heterocycles. The SMILES string of the molecule is C=CCN1C(=O)S/C(=C\c2cc(OCC)c([O-])c([N+](=O)[O-])c2)C1=O. The molecular formula is C15H13N2O6S-. The molecular weight excluding hydrogens is 336 g/mol. The third-order valence-corrected chi connectivity index (χ3v) is 3.94. The van der Waals surface area contributed by atoms with Crippen LogP contribution in [0.2, 0.25) is 0 Å². The number of hydrogen-bond acceptors (Lipinski definition) is 7. The number of carbonyl (C=O) groups is 2. The first-order valence-corrected chi connectivity index (χ1v) is 7.69. The number of rotatable bonds is 6. The van der Waals surface area contributed by atoms with E-state index >= 15 is 0 Å². The second-order valence-electron chi connectivity index (χ2n) is 4.64. The van der Waals surface area contributed by atoms with E-state index < -0.39 is 27.5 Å². The third-order valence-electron chi connectivity index (χ3n) is 3.04. The minimum absolute atomic E-state index is 0.0752. The van der Waals surface area contributed by atoms with Crippen molar-refractivity contribution in [2.45, 2.75) is 6.92 Å². The van der Waals surface area contributed by atoms with Gasteiger partial charge in [-0.05, 0) is 36.4 Å². The van der Waals surface area contributed by atoms with Gasteiger partial charge in [-0.3, -0.25) is 24.6 Å². The highest BCUT2D eigenvalue weighted by Gasteiger charge is 2.34. The highest BCUT2D eigenvalue weighted by molar-refractivity contribution is 8.18. The summed E-state index contributed by atoms with van der Waals surface area (Å²) in [7, 11) is 0. The number of thioether (sulfide) groups is 1. The molecule has 1 aliphatic rings. The summed E-state index contributed by atoms with van der Waals surface area (Å²) < 4.78 is 5.11. The molecule has 1 heterocycles. The van der Waals surface area contributed by atoms with Crippen molar-refractivity contribution in [2.75, 3.05) is 13.2 Å². The summed E-state index contributed by atoms with van der Waals surface area (Å²) in [5.74, 6) is -1.53. The van der Waals surface area contributed by atoms with Gasteiger partial charge in [0.25, 0.3) is 16.8 Å². The molecule has 0 unspecified atom stereocenters. The summed E-state index contributed by atoms with van der Waals surface area (Å²) >= 11 is 0.716. The van der Waals surface area contributed by atoms with E-state index in [1.807, 2.05) is 0 Å². The fraction of sp³-hybridized carbons (Fsp3) is 0.200. The van der Waals surface area contributed by atoms with E-state index in [-0.39, 0.29) is 29.4 Å². The quantitative estimate of drug-likeness (QED) is 0.335. The Balaban J connectivity index is 2.45. The van der Waals surface area contributed by atoms with Gasteiger partial charge in [0, 0.05) is 18.4 Å². The highest BCUT2D eigenvalue weighted by atomic mass is 32.2. The van der Waals surface area contributed by atoms with Gasteiger partial charge < -0.3 is 9.84 Å². The molecule has 126 valence electrons. The molecule has 0 spiro atoms. The van der Waals surface area contributed by atoms with Crippen LogP contribution in [0, 0.1) is 10.1 Å². The lowest BCUT2D eigenvalue weighted by Crippen LogP contribution is -2.27. The van der Waals surface area contributed by atoms with Crippen LogP contribution in [0.1, 0.15) is 12.5 Å². The predicted octanol–water partition coefficient (Wildman–Crippen LogP) is 2.29. The Morgan fingerprint density at radius 2 is 2.12 bits per heavy atom. The summed E-state index contributed by atoms with van der Waals surface area (Å²) in [6.45, 7) is 5.34. The lowest BCUT2D eigenvalue weighted by Gasteiger charge is -2.14. The average Bonchev–Trinajstić information content (AvgIpc) is 2.78. The molecule has 0 N–H and O–H groups in total. The Labute approximate surface area is 141 Å². The molecule has 1 aromatic rings. The van der Waals surface area contributed by atoms with Crippen LogP contribution >= 0.6 is 11.8 Å². The van der Waals surface area contributed by atoms with Crippen molar-refractivity contribution in [3.05, 3.63) is 45.4 Å². The van der Waals surface area contributed by atoms with Crippen molar-refractivity contribution < 1.29 is 24.4 Å². The maximum absolute atomic E-state index is 12.1. The van der Waals surface area contributed by atoms with Crippen molar-refractivity contribution in [3.8, 4) is 11.5 Å². The summed E-state index contributed by atoms with van der Waals surface area (Å²) in [5, 5.41) is 22.5. The van der Waals surface area contributed by atoms with Crippen LogP contribution in [0.4, 0.5) is 10.5 Å². The van der Waals surface area contributed by atoms with Crippen molar-refractivity contribution in [1.82, 2.24) is 4.90 Å². The van der Waals surface area contributed by atoms with Gasteiger partial charge >= 0.3 is 0 Å². The molecule has 8 nitrogen and oxygen atoms in total. The predicted molar refractivity (Wildman–Crippen MR) is 86.6 cm³/mol. The number of imide groups is 1. The number of ether oxygens (including phenoxy) is 1. The van der Waals surface area contributed by atoms with E-state index in [9.17, 15) is 24.8 Å². The Kier molecular flexibility index (Phi) is 5.24. The Bertz CT molecular complexity index is 759. The molecule has 2 rings (SSSR count). The van der Waals surface area contributed by atoms with Crippen molar-refractivity contribution in [3.63, 3.8) is 0 Å². The van der Waals surface area contributed by atoms with E-state index in [4.69, 9.17) is 4.74 Å². The van der Waals surface area contributed by atoms with Crippen LogP contribution in [-0.4, -0.2) is 34.1 Å². The zero-order chi connectivity index (χ0) is 17.9. The smallest absolute Gasteiger partial charge is 0.293 e. The highest BCUT2D eigenvalue weighted by Crippen LogP contribution is 2.37. The van der Waals surface area contributed by atoms with Crippen LogP contribution in [-0.2, 0) is 4.79 Å². The zero-order valence-corrected chi connectivity index (χ0v) is 13.5. The largest absolute Gasteiger partial charge is 0.865 e. The zero-order valence-electron chi connectivity index (χ0n) is 12.7. The molecule has 1 aromatic carbocycles. The maximum atomic E-state index is 12.1. The normalized spacial score (nSPS) is 15.9. The number of nitro benzene ring substituents is 1. The summed E-state index contributed by atoms with van der Waals surface area (Å²) in [6, 6.07) is 2.35. The first kappa shape index (κ1) is 17.5. The van der Waals surface area contributed by atoms with Gasteiger partial charge in [-0.2, -0.15) is 0 Å². The van der Waals surface area contributed by atoms with Crippen LogP contribution in [0.3, 0.4) is 0 Å². The van der Waals surface area contributed by atoms with E-state index in [1.165, 1.54) is 18.2 Å². The molecule has 1 aliphatic heterocycles. The molecule has 0 radical (unpaired) electrons. The first-order chi connectivity index (χ1) is 11.4. The van der Waals surface area contributed by atoms with E-state index in [1.54, 1.807) is 6.92 Å². The van der Waals surface area contributed by atoms with Gasteiger partial charge in [0.15, 0.2) is 0 Å². The average molecular weight is 349 g/mol. The van der Waals surface area contributed by atoms with Gasteiger partial charge in [0.1, 0.15) is 5.75 Å². The number of amides is 2. The molecule has 9 heteroatoms. The molecule has 0 atom stereocenters. The van der Waals surface area contributed by atoms with Crippen molar-refractivity contribution in [1.29, 1.82) is 0 Å². The summed E-state index contributed by atoms with van der Waals surface area (Å²) in [5.41, 5.74) is -0.425. The second kappa shape index (κ2) is 7.18. The molecule has 0 saturated carbocycles. The van der Waals surface area contributed by atoms with Gasteiger partial charge in [0.2, 0.25) is 0 Å².